The molecule has 2 aliphatic rings. The third-order valence-corrected chi connectivity index (χ3v) is 4.26. The molecular formula is C15H22N4O. The summed E-state index contributed by atoms with van der Waals surface area (Å²) in [5.74, 6) is 1.06. The first-order valence-corrected chi connectivity index (χ1v) is 7.52. The van der Waals surface area contributed by atoms with Gasteiger partial charge in [-0.1, -0.05) is 5.16 Å². The lowest BCUT2D eigenvalue weighted by molar-refractivity contribution is 0.318. The Balaban J connectivity index is 2.09. The highest BCUT2D eigenvalue weighted by Crippen LogP contribution is 2.34. The highest BCUT2D eigenvalue weighted by molar-refractivity contribution is 6.01. The van der Waals surface area contributed by atoms with Crippen LogP contribution in [0.1, 0.15) is 49.4 Å². The lowest BCUT2D eigenvalue weighted by atomic mass is 9.94. The van der Waals surface area contributed by atoms with E-state index in [1.807, 2.05) is 0 Å². The Hall–Kier alpha value is -1.78. The molecule has 0 saturated heterocycles. The zero-order valence-electron chi connectivity index (χ0n) is 12.0. The average molecular weight is 274 g/mol. The second-order valence-electron chi connectivity index (χ2n) is 5.67. The SMILES string of the molecule is CCN(c1nc2c(cc1C(N)=NO)CCCC2)C1CC1. The molecule has 0 aromatic carbocycles. The summed E-state index contributed by atoms with van der Waals surface area (Å²) in [6.45, 7) is 3.04. The van der Waals surface area contributed by atoms with Crippen LogP contribution in [0, 0.1) is 0 Å². The maximum absolute atomic E-state index is 9.04. The summed E-state index contributed by atoms with van der Waals surface area (Å²) < 4.78 is 0. The molecule has 5 heteroatoms. The molecule has 0 atom stereocenters. The van der Waals surface area contributed by atoms with Crippen LogP contribution in [-0.4, -0.2) is 28.6 Å². The number of oxime groups is 1. The second kappa shape index (κ2) is 5.31. The standard InChI is InChI=1S/C15H22N4O/c1-2-19(11-7-8-11)15-12(14(16)18-20)9-10-5-3-4-6-13(10)17-15/h9,11,20H,2-8H2,1H3,(H2,16,18). The maximum atomic E-state index is 9.04. The first-order valence-electron chi connectivity index (χ1n) is 7.52. The quantitative estimate of drug-likeness (QED) is 0.381. The Labute approximate surface area is 119 Å². The van der Waals surface area contributed by atoms with E-state index >= 15 is 0 Å². The zero-order valence-corrected chi connectivity index (χ0v) is 12.0. The molecule has 0 aliphatic heterocycles. The minimum atomic E-state index is 0.167. The van der Waals surface area contributed by atoms with Crippen molar-refractivity contribution in [2.75, 3.05) is 11.4 Å². The molecule has 5 nitrogen and oxygen atoms in total. The number of nitrogens with two attached hydrogens (primary N) is 1. The molecule has 20 heavy (non-hydrogen) atoms. The third kappa shape index (κ3) is 2.32. The number of aromatic nitrogens is 1. The summed E-state index contributed by atoms with van der Waals surface area (Å²) in [6, 6.07) is 2.65. The van der Waals surface area contributed by atoms with Crippen molar-refractivity contribution in [1.82, 2.24) is 4.98 Å². The number of hydrogen-bond acceptors (Lipinski definition) is 4. The van der Waals surface area contributed by atoms with E-state index in [1.165, 1.54) is 36.9 Å². The van der Waals surface area contributed by atoms with E-state index in [0.29, 0.717) is 6.04 Å². The highest BCUT2D eigenvalue weighted by atomic mass is 16.4. The number of rotatable bonds is 4. The van der Waals surface area contributed by atoms with E-state index in [0.717, 1.165) is 30.8 Å². The van der Waals surface area contributed by atoms with Gasteiger partial charge >= 0.3 is 0 Å². The van der Waals surface area contributed by atoms with Gasteiger partial charge in [0.05, 0.1) is 5.56 Å². The molecule has 3 rings (SSSR count). The van der Waals surface area contributed by atoms with Crippen molar-refractivity contribution < 1.29 is 5.21 Å². The van der Waals surface area contributed by atoms with Crippen molar-refractivity contribution in [3.05, 3.63) is 22.9 Å². The Morgan fingerprint density at radius 2 is 2.20 bits per heavy atom. The Morgan fingerprint density at radius 3 is 2.85 bits per heavy atom. The second-order valence-corrected chi connectivity index (χ2v) is 5.67. The highest BCUT2D eigenvalue weighted by Gasteiger charge is 2.31. The molecule has 0 spiro atoms. The van der Waals surface area contributed by atoms with Gasteiger partial charge in [-0.25, -0.2) is 4.98 Å². The Morgan fingerprint density at radius 1 is 1.45 bits per heavy atom. The van der Waals surface area contributed by atoms with E-state index in [2.05, 4.69) is 23.0 Å². The Bertz CT molecular complexity index is 537. The molecule has 108 valence electrons. The van der Waals surface area contributed by atoms with Crippen molar-refractivity contribution in [3.63, 3.8) is 0 Å². The van der Waals surface area contributed by atoms with Crippen molar-refractivity contribution in [2.45, 2.75) is 51.5 Å². The molecule has 0 bridgehead atoms. The number of hydrogen-bond donors (Lipinski definition) is 2. The molecule has 0 amide bonds. The summed E-state index contributed by atoms with van der Waals surface area (Å²) in [5, 5.41) is 12.2. The van der Waals surface area contributed by atoms with Crippen LogP contribution in [0.3, 0.4) is 0 Å². The largest absolute Gasteiger partial charge is 0.409 e. The number of pyridine rings is 1. The van der Waals surface area contributed by atoms with Crippen LogP contribution in [0.2, 0.25) is 0 Å². The molecule has 1 heterocycles. The number of fused-ring (bicyclic) bond motifs is 1. The van der Waals surface area contributed by atoms with Crippen molar-refractivity contribution >= 4 is 11.7 Å². The van der Waals surface area contributed by atoms with Crippen LogP contribution in [0.15, 0.2) is 11.2 Å². The summed E-state index contributed by atoms with van der Waals surface area (Å²) in [7, 11) is 0. The molecule has 0 radical (unpaired) electrons. The lowest BCUT2D eigenvalue weighted by Crippen LogP contribution is -2.30. The first-order chi connectivity index (χ1) is 9.74. The molecule has 0 unspecified atom stereocenters. The van der Waals surface area contributed by atoms with Gasteiger partial charge in [-0.3, -0.25) is 0 Å². The number of nitrogens with zero attached hydrogens (tertiary/aromatic N) is 3. The van der Waals surface area contributed by atoms with Gasteiger partial charge in [0.15, 0.2) is 5.84 Å². The number of anilines is 1. The molecule has 1 aromatic heterocycles. The van der Waals surface area contributed by atoms with Crippen LogP contribution in [0.25, 0.3) is 0 Å². The Kier molecular flexibility index (Phi) is 3.51. The summed E-state index contributed by atoms with van der Waals surface area (Å²) >= 11 is 0. The molecule has 1 fully saturated rings. The van der Waals surface area contributed by atoms with Crippen LogP contribution >= 0.6 is 0 Å². The van der Waals surface area contributed by atoms with E-state index in [1.54, 1.807) is 0 Å². The zero-order chi connectivity index (χ0) is 14.1. The minimum Gasteiger partial charge on any atom is -0.409 e. The van der Waals surface area contributed by atoms with Gasteiger partial charge in [-0.15, -0.1) is 0 Å². The van der Waals surface area contributed by atoms with E-state index < -0.39 is 0 Å². The van der Waals surface area contributed by atoms with Gasteiger partial charge in [0.2, 0.25) is 0 Å². The summed E-state index contributed by atoms with van der Waals surface area (Å²) in [4.78, 5) is 7.16. The number of amidine groups is 1. The summed E-state index contributed by atoms with van der Waals surface area (Å²) in [6.07, 6.45) is 6.91. The predicted molar refractivity (Wildman–Crippen MR) is 79.4 cm³/mol. The van der Waals surface area contributed by atoms with Crippen LogP contribution < -0.4 is 10.6 Å². The van der Waals surface area contributed by atoms with Crippen molar-refractivity contribution in [2.24, 2.45) is 10.9 Å². The first kappa shape index (κ1) is 13.2. The third-order valence-electron chi connectivity index (χ3n) is 4.26. The summed E-state index contributed by atoms with van der Waals surface area (Å²) in [5.41, 5.74) is 9.11. The van der Waals surface area contributed by atoms with Gasteiger partial charge in [0.1, 0.15) is 5.82 Å². The van der Waals surface area contributed by atoms with Gasteiger partial charge in [0, 0.05) is 18.3 Å². The minimum absolute atomic E-state index is 0.167. The lowest BCUT2D eigenvalue weighted by Gasteiger charge is -2.26. The maximum Gasteiger partial charge on any atom is 0.173 e. The average Bonchev–Trinajstić information content (AvgIpc) is 3.31. The van der Waals surface area contributed by atoms with E-state index in [4.69, 9.17) is 15.9 Å². The van der Waals surface area contributed by atoms with Crippen LogP contribution in [-0.2, 0) is 12.8 Å². The van der Waals surface area contributed by atoms with Gasteiger partial charge in [-0.05, 0) is 57.1 Å². The normalized spacial score (nSPS) is 18.8. The van der Waals surface area contributed by atoms with Gasteiger partial charge in [0.25, 0.3) is 0 Å². The van der Waals surface area contributed by atoms with Gasteiger partial charge < -0.3 is 15.8 Å². The van der Waals surface area contributed by atoms with E-state index in [-0.39, 0.29) is 5.84 Å². The molecule has 2 aliphatic carbocycles. The monoisotopic (exact) mass is 274 g/mol. The smallest absolute Gasteiger partial charge is 0.173 e. The molecule has 1 saturated carbocycles. The van der Waals surface area contributed by atoms with E-state index in [9.17, 15) is 0 Å². The molecule has 1 aromatic rings. The van der Waals surface area contributed by atoms with Crippen LogP contribution in [0.4, 0.5) is 5.82 Å². The fraction of sp³-hybridized carbons (Fsp3) is 0.600. The number of aryl methyl sites for hydroxylation is 2. The topological polar surface area (TPSA) is 74.7 Å². The van der Waals surface area contributed by atoms with Gasteiger partial charge in [-0.2, -0.15) is 0 Å². The predicted octanol–water partition coefficient (Wildman–Crippen LogP) is 2.04. The molecule has 3 N–H and O–H groups in total. The molecular weight excluding hydrogens is 252 g/mol. The van der Waals surface area contributed by atoms with Crippen molar-refractivity contribution in [1.29, 1.82) is 0 Å². The fourth-order valence-corrected chi connectivity index (χ4v) is 3.05. The van der Waals surface area contributed by atoms with Crippen molar-refractivity contribution in [3.8, 4) is 0 Å². The fourth-order valence-electron chi connectivity index (χ4n) is 3.05. The van der Waals surface area contributed by atoms with Crippen LogP contribution in [0.5, 0.6) is 0 Å².